The second kappa shape index (κ2) is 5.13. The number of nitrogen functional groups attached to an aromatic ring is 1. The topological polar surface area (TPSA) is 70.9 Å². The molecule has 1 fully saturated rings. The lowest BCUT2D eigenvalue weighted by atomic mass is 10.1. The molecule has 5 heteroatoms. The first-order valence-electron chi connectivity index (χ1n) is 7.23. The van der Waals surface area contributed by atoms with Gasteiger partial charge in [0.25, 0.3) is 0 Å². The van der Waals surface area contributed by atoms with Crippen LogP contribution in [0.2, 0.25) is 0 Å². The van der Waals surface area contributed by atoms with Crippen LogP contribution in [-0.4, -0.2) is 22.9 Å². The maximum absolute atomic E-state index is 9.43. The number of hydrogen-bond donors (Lipinski definition) is 1. The summed E-state index contributed by atoms with van der Waals surface area (Å²) in [6.07, 6.45) is 2.28. The van der Waals surface area contributed by atoms with E-state index in [4.69, 9.17) is 5.73 Å². The Morgan fingerprint density at radius 3 is 2.62 bits per heavy atom. The van der Waals surface area contributed by atoms with E-state index >= 15 is 0 Å². The number of aryl methyl sites for hydroxylation is 2. The summed E-state index contributed by atoms with van der Waals surface area (Å²) >= 11 is 0. The summed E-state index contributed by atoms with van der Waals surface area (Å²) in [6, 6.07) is 8.37. The number of hydrogen-bond acceptors (Lipinski definition) is 4. The van der Waals surface area contributed by atoms with Gasteiger partial charge in [-0.05, 0) is 43.9 Å². The Hall–Kier alpha value is -2.48. The van der Waals surface area contributed by atoms with Gasteiger partial charge in [-0.3, -0.25) is 0 Å². The van der Waals surface area contributed by atoms with Crippen molar-refractivity contribution in [2.45, 2.75) is 26.7 Å². The van der Waals surface area contributed by atoms with Crippen LogP contribution >= 0.6 is 0 Å². The predicted molar refractivity (Wildman–Crippen MR) is 83.6 cm³/mol. The molecule has 0 radical (unpaired) electrons. The fourth-order valence-electron chi connectivity index (χ4n) is 2.81. The zero-order valence-corrected chi connectivity index (χ0v) is 12.4. The van der Waals surface area contributed by atoms with Crippen LogP contribution in [0.15, 0.2) is 18.2 Å². The molecule has 0 aliphatic carbocycles. The molecule has 0 atom stereocenters. The van der Waals surface area contributed by atoms with Crippen LogP contribution in [0.1, 0.15) is 29.5 Å². The Labute approximate surface area is 124 Å². The van der Waals surface area contributed by atoms with Crippen LogP contribution in [0, 0.1) is 25.2 Å². The van der Waals surface area contributed by atoms with Crippen molar-refractivity contribution in [3.63, 3.8) is 0 Å². The molecule has 108 valence electrons. The van der Waals surface area contributed by atoms with E-state index in [1.807, 2.05) is 26.0 Å². The van der Waals surface area contributed by atoms with E-state index in [2.05, 4.69) is 22.1 Å². The van der Waals surface area contributed by atoms with Crippen molar-refractivity contribution >= 4 is 11.6 Å². The molecule has 0 amide bonds. The Morgan fingerprint density at radius 2 is 1.95 bits per heavy atom. The molecule has 1 aromatic carbocycles. The second-order valence-corrected chi connectivity index (χ2v) is 5.59. The lowest BCUT2D eigenvalue weighted by Crippen LogP contribution is -2.19. The number of nitrogens with zero attached hydrogens (tertiary/aromatic N) is 4. The molecular formula is C16H19N5. The van der Waals surface area contributed by atoms with E-state index in [1.165, 1.54) is 0 Å². The zero-order valence-electron chi connectivity index (χ0n) is 12.4. The van der Waals surface area contributed by atoms with Gasteiger partial charge in [0.1, 0.15) is 17.5 Å². The summed E-state index contributed by atoms with van der Waals surface area (Å²) in [5.41, 5.74) is 9.84. The number of benzene rings is 1. The van der Waals surface area contributed by atoms with Crippen molar-refractivity contribution in [1.29, 1.82) is 5.26 Å². The smallest absolute Gasteiger partial charge is 0.171 e. The monoisotopic (exact) mass is 281 g/mol. The molecule has 3 rings (SSSR count). The highest BCUT2D eigenvalue weighted by Gasteiger charge is 2.24. The Bertz CT molecular complexity index is 717. The molecule has 1 saturated heterocycles. The van der Waals surface area contributed by atoms with Gasteiger partial charge in [-0.2, -0.15) is 5.26 Å². The Balaban J connectivity index is 2.15. The fourth-order valence-corrected chi connectivity index (χ4v) is 2.81. The first-order valence-corrected chi connectivity index (χ1v) is 7.23. The molecule has 1 aliphatic heterocycles. The van der Waals surface area contributed by atoms with Crippen molar-refractivity contribution in [2.75, 3.05) is 23.7 Å². The number of nitrogens with two attached hydrogens (primary N) is 1. The average molecular weight is 281 g/mol. The molecule has 1 aromatic heterocycles. The van der Waals surface area contributed by atoms with Crippen molar-refractivity contribution in [1.82, 2.24) is 9.78 Å². The van der Waals surface area contributed by atoms with Crippen molar-refractivity contribution in [3.8, 4) is 11.8 Å². The number of rotatable bonds is 2. The van der Waals surface area contributed by atoms with Gasteiger partial charge < -0.3 is 10.6 Å². The van der Waals surface area contributed by atoms with Gasteiger partial charge in [0.05, 0.1) is 5.69 Å². The summed E-state index contributed by atoms with van der Waals surface area (Å²) in [5, 5.41) is 14.1. The highest BCUT2D eigenvalue weighted by atomic mass is 15.4. The van der Waals surface area contributed by atoms with Gasteiger partial charge in [0.15, 0.2) is 5.82 Å². The van der Waals surface area contributed by atoms with Crippen LogP contribution < -0.4 is 10.6 Å². The summed E-state index contributed by atoms with van der Waals surface area (Å²) in [6.45, 7) is 5.95. The molecule has 0 saturated carbocycles. The second-order valence-electron chi connectivity index (χ2n) is 5.59. The maximum Gasteiger partial charge on any atom is 0.171 e. The minimum absolute atomic E-state index is 0.424. The van der Waals surface area contributed by atoms with E-state index in [0.29, 0.717) is 17.2 Å². The molecule has 2 aromatic rings. The van der Waals surface area contributed by atoms with Crippen molar-refractivity contribution < 1.29 is 0 Å². The number of nitriles is 1. The van der Waals surface area contributed by atoms with E-state index in [9.17, 15) is 5.26 Å². The lowest BCUT2D eigenvalue weighted by Gasteiger charge is -2.14. The van der Waals surface area contributed by atoms with Crippen LogP contribution in [0.5, 0.6) is 0 Å². The molecule has 0 unspecified atom stereocenters. The van der Waals surface area contributed by atoms with E-state index < -0.39 is 0 Å². The number of aromatic nitrogens is 2. The fraction of sp³-hybridized carbons (Fsp3) is 0.375. The Morgan fingerprint density at radius 1 is 1.24 bits per heavy atom. The largest absolute Gasteiger partial charge is 0.382 e. The van der Waals surface area contributed by atoms with Gasteiger partial charge in [-0.1, -0.05) is 12.1 Å². The van der Waals surface area contributed by atoms with Gasteiger partial charge in [0, 0.05) is 13.1 Å². The molecular weight excluding hydrogens is 262 g/mol. The van der Waals surface area contributed by atoms with Gasteiger partial charge in [0.2, 0.25) is 0 Å². The van der Waals surface area contributed by atoms with Crippen LogP contribution in [0.25, 0.3) is 5.69 Å². The Kier molecular flexibility index (Phi) is 3.30. The van der Waals surface area contributed by atoms with E-state index in [-0.39, 0.29) is 0 Å². The third kappa shape index (κ3) is 2.23. The molecule has 2 N–H and O–H groups in total. The van der Waals surface area contributed by atoms with Gasteiger partial charge in [-0.25, -0.2) is 4.68 Å². The maximum atomic E-state index is 9.43. The minimum Gasteiger partial charge on any atom is -0.382 e. The summed E-state index contributed by atoms with van der Waals surface area (Å²) in [5.74, 6) is 1.14. The molecule has 2 heterocycles. The first kappa shape index (κ1) is 13.5. The minimum atomic E-state index is 0.424. The highest BCUT2D eigenvalue weighted by molar-refractivity contribution is 5.68. The standard InChI is InChI=1S/C16H19N5/c1-11-5-6-12(2)14(9-11)21-15(18)13(10-17)16(19-21)20-7-3-4-8-20/h5-6,9H,3-4,7-8,18H2,1-2H3. The molecule has 1 aliphatic rings. The highest BCUT2D eigenvalue weighted by Crippen LogP contribution is 2.30. The van der Waals surface area contributed by atoms with Crippen LogP contribution in [0.4, 0.5) is 11.6 Å². The average Bonchev–Trinajstić information content (AvgIpc) is 3.09. The zero-order chi connectivity index (χ0) is 15.0. The normalized spacial score (nSPS) is 14.4. The molecule has 21 heavy (non-hydrogen) atoms. The van der Waals surface area contributed by atoms with E-state index in [0.717, 1.165) is 42.7 Å². The van der Waals surface area contributed by atoms with Crippen LogP contribution in [0.3, 0.4) is 0 Å². The first-order chi connectivity index (χ1) is 10.1. The third-order valence-electron chi connectivity index (χ3n) is 4.01. The van der Waals surface area contributed by atoms with Crippen LogP contribution in [-0.2, 0) is 0 Å². The van der Waals surface area contributed by atoms with Gasteiger partial charge >= 0.3 is 0 Å². The summed E-state index contributed by atoms with van der Waals surface area (Å²) in [7, 11) is 0. The predicted octanol–water partition coefficient (Wildman–Crippen LogP) is 2.54. The van der Waals surface area contributed by atoms with Crippen molar-refractivity contribution in [3.05, 3.63) is 34.9 Å². The van der Waals surface area contributed by atoms with Crippen molar-refractivity contribution in [2.24, 2.45) is 0 Å². The lowest BCUT2D eigenvalue weighted by molar-refractivity contribution is 0.844. The third-order valence-corrected chi connectivity index (χ3v) is 4.01. The summed E-state index contributed by atoms with van der Waals surface area (Å²) < 4.78 is 1.70. The number of anilines is 2. The molecule has 5 nitrogen and oxygen atoms in total. The SMILES string of the molecule is Cc1ccc(C)c(-n2nc(N3CCCC3)c(C#N)c2N)c1. The molecule has 0 bridgehead atoms. The summed E-state index contributed by atoms with van der Waals surface area (Å²) in [4.78, 5) is 2.15. The van der Waals surface area contributed by atoms with Gasteiger partial charge in [-0.15, -0.1) is 5.10 Å². The quantitative estimate of drug-likeness (QED) is 0.918. The van der Waals surface area contributed by atoms with E-state index in [1.54, 1.807) is 4.68 Å². The molecule has 0 spiro atoms.